The van der Waals surface area contributed by atoms with Gasteiger partial charge in [-0.1, -0.05) is 13.8 Å². The topological polar surface area (TPSA) is 64.3 Å². The van der Waals surface area contributed by atoms with Gasteiger partial charge in [-0.25, -0.2) is 0 Å². The lowest BCUT2D eigenvalue weighted by atomic mass is 9.91. The summed E-state index contributed by atoms with van der Waals surface area (Å²) in [4.78, 5) is 11.4. The molecule has 108 valence electrons. The Labute approximate surface area is 105 Å². The van der Waals surface area contributed by atoms with Crippen molar-refractivity contribution in [1.29, 1.82) is 0 Å². The number of halogens is 3. The average molecular weight is 270 g/mol. The Morgan fingerprint density at radius 2 is 1.94 bits per heavy atom. The first-order chi connectivity index (χ1) is 8.08. The highest BCUT2D eigenvalue weighted by Gasteiger charge is 2.29. The molecule has 0 aromatic rings. The number of nitrogens with one attached hydrogen (secondary N) is 1. The Hall–Kier alpha value is -0.820. The molecule has 0 fully saturated rings. The van der Waals surface area contributed by atoms with E-state index in [-0.39, 0.29) is 6.54 Å². The third-order valence-corrected chi connectivity index (χ3v) is 2.25. The summed E-state index contributed by atoms with van der Waals surface area (Å²) in [6, 6.07) is 0. The maximum Gasteiger partial charge on any atom is 0.411 e. The van der Waals surface area contributed by atoms with Gasteiger partial charge in [0.2, 0.25) is 5.91 Å². The van der Waals surface area contributed by atoms with Gasteiger partial charge in [0.15, 0.2) is 0 Å². The number of carbonyl (C=O) groups is 1. The van der Waals surface area contributed by atoms with Gasteiger partial charge in [0.1, 0.15) is 13.2 Å². The smallest absolute Gasteiger partial charge is 0.362 e. The van der Waals surface area contributed by atoms with Crippen molar-refractivity contribution in [2.24, 2.45) is 11.7 Å². The van der Waals surface area contributed by atoms with Gasteiger partial charge in [-0.2, -0.15) is 13.2 Å². The van der Waals surface area contributed by atoms with Crippen molar-refractivity contribution in [1.82, 2.24) is 5.32 Å². The van der Waals surface area contributed by atoms with Gasteiger partial charge >= 0.3 is 6.18 Å². The molecule has 0 saturated heterocycles. The van der Waals surface area contributed by atoms with Gasteiger partial charge in [0.25, 0.3) is 0 Å². The van der Waals surface area contributed by atoms with E-state index in [1.807, 2.05) is 13.8 Å². The molecule has 0 spiro atoms. The van der Waals surface area contributed by atoms with E-state index in [0.29, 0.717) is 12.3 Å². The first-order valence-corrected chi connectivity index (χ1v) is 5.73. The van der Waals surface area contributed by atoms with E-state index in [4.69, 9.17) is 5.73 Å². The highest BCUT2D eigenvalue weighted by molar-refractivity contribution is 5.78. The Balaban J connectivity index is 4.12. The van der Waals surface area contributed by atoms with Crippen LogP contribution in [0.4, 0.5) is 13.2 Å². The number of ether oxygens (including phenoxy) is 1. The first-order valence-electron chi connectivity index (χ1n) is 5.73. The molecule has 1 atom stereocenters. The fraction of sp³-hybridized carbons (Fsp3) is 0.909. The van der Waals surface area contributed by atoms with Gasteiger partial charge in [0.05, 0.1) is 0 Å². The van der Waals surface area contributed by atoms with E-state index in [9.17, 15) is 18.0 Å². The van der Waals surface area contributed by atoms with Crippen LogP contribution in [0, 0.1) is 5.92 Å². The second-order valence-electron chi connectivity index (χ2n) is 5.02. The number of amides is 1. The zero-order valence-corrected chi connectivity index (χ0v) is 10.9. The molecule has 0 aliphatic rings. The molecule has 4 nitrogen and oxygen atoms in total. The van der Waals surface area contributed by atoms with Crippen LogP contribution in [0.25, 0.3) is 0 Å². The summed E-state index contributed by atoms with van der Waals surface area (Å²) in [6.07, 6.45) is -3.77. The molecule has 0 aliphatic heterocycles. The first kappa shape index (κ1) is 17.2. The summed E-state index contributed by atoms with van der Waals surface area (Å²) in [6.45, 7) is 3.88. The summed E-state index contributed by atoms with van der Waals surface area (Å²) >= 11 is 0. The van der Waals surface area contributed by atoms with Gasteiger partial charge < -0.3 is 15.8 Å². The van der Waals surface area contributed by atoms with Crippen LogP contribution in [-0.2, 0) is 9.53 Å². The van der Waals surface area contributed by atoms with Crippen molar-refractivity contribution < 1.29 is 22.7 Å². The van der Waals surface area contributed by atoms with Gasteiger partial charge in [0, 0.05) is 12.1 Å². The van der Waals surface area contributed by atoms with Crippen molar-refractivity contribution in [3.05, 3.63) is 0 Å². The minimum absolute atomic E-state index is 0.218. The molecule has 0 heterocycles. The zero-order chi connectivity index (χ0) is 14.4. The second-order valence-corrected chi connectivity index (χ2v) is 5.02. The lowest BCUT2D eigenvalue weighted by Gasteiger charge is -2.31. The van der Waals surface area contributed by atoms with Crippen molar-refractivity contribution in [3.63, 3.8) is 0 Å². The molecule has 0 aromatic carbocycles. The standard InChI is InChI=1S/C11H21F3N2O2/c1-8(2)4-10(3,6-15)16-9(17)5-18-7-11(12,13)14/h8H,4-7,15H2,1-3H3,(H,16,17). The minimum Gasteiger partial charge on any atom is -0.362 e. The van der Waals surface area contributed by atoms with Crippen LogP contribution in [0.15, 0.2) is 0 Å². The van der Waals surface area contributed by atoms with Crippen molar-refractivity contribution >= 4 is 5.91 Å². The number of rotatable bonds is 7. The second kappa shape index (κ2) is 6.94. The van der Waals surface area contributed by atoms with Gasteiger partial charge in [-0.15, -0.1) is 0 Å². The quantitative estimate of drug-likeness (QED) is 0.736. The summed E-state index contributed by atoms with van der Waals surface area (Å²) in [5.41, 5.74) is 4.95. The Morgan fingerprint density at radius 1 is 1.39 bits per heavy atom. The number of carbonyl (C=O) groups excluding carboxylic acids is 1. The average Bonchev–Trinajstić information content (AvgIpc) is 2.13. The van der Waals surface area contributed by atoms with E-state index < -0.39 is 30.8 Å². The summed E-state index contributed by atoms with van der Waals surface area (Å²) in [5, 5.41) is 2.60. The molecule has 0 saturated carbocycles. The SMILES string of the molecule is CC(C)CC(C)(CN)NC(=O)COCC(F)(F)F. The molecule has 0 aromatic heterocycles. The Morgan fingerprint density at radius 3 is 2.33 bits per heavy atom. The number of alkyl halides is 3. The van der Waals surface area contributed by atoms with Crippen molar-refractivity contribution in [3.8, 4) is 0 Å². The van der Waals surface area contributed by atoms with Crippen LogP contribution >= 0.6 is 0 Å². The molecule has 1 amide bonds. The van der Waals surface area contributed by atoms with Crippen LogP contribution in [-0.4, -0.2) is 37.4 Å². The number of hydrogen-bond acceptors (Lipinski definition) is 3. The minimum atomic E-state index is -4.42. The molecule has 0 rings (SSSR count). The van der Waals surface area contributed by atoms with Crippen LogP contribution in [0.5, 0.6) is 0 Å². The van der Waals surface area contributed by atoms with E-state index in [1.165, 1.54) is 0 Å². The zero-order valence-electron chi connectivity index (χ0n) is 10.9. The molecule has 0 bridgehead atoms. The van der Waals surface area contributed by atoms with Crippen molar-refractivity contribution in [2.45, 2.75) is 38.9 Å². The molecule has 7 heteroatoms. The lowest BCUT2D eigenvalue weighted by molar-refractivity contribution is -0.176. The highest BCUT2D eigenvalue weighted by Crippen LogP contribution is 2.16. The summed E-state index contributed by atoms with van der Waals surface area (Å²) < 4.78 is 39.7. The van der Waals surface area contributed by atoms with Crippen LogP contribution < -0.4 is 11.1 Å². The monoisotopic (exact) mass is 270 g/mol. The summed E-state index contributed by atoms with van der Waals surface area (Å²) in [7, 11) is 0. The largest absolute Gasteiger partial charge is 0.411 e. The maximum atomic E-state index is 11.8. The highest BCUT2D eigenvalue weighted by atomic mass is 19.4. The van der Waals surface area contributed by atoms with Crippen molar-refractivity contribution in [2.75, 3.05) is 19.8 Å². The lowest BCUT2D eigenvalue weighted by Crippen LogP contribution is -2.53. The van der Waals surface area contributed by atoms with Crippen LogP contribution in [0.2, 0.25) is 0 Å². The third-order valence-electron chi connectivity index (χ3n) is 2.25. The molecule has 1 unspecified atom stereocenters. The third kappa shape index (κ3) is 8.30. The number of hydrogen-bond donors (Lipinski definition) is 2. The Kier molecular flexibility index (Phi) is 6.62. The molecular weight excluding hydrogens is 249 g/mol. The fourth-order valence-electron chi connectivity index (χ4n) is 1.72. The predicted octanol–water partition coefficient (Wildman–Crippen LogP) is 1.44. The number of nitrogens with two attached hydrogens (primary N) is 1. The van der Waals surface area contributed by atoms with E-state index >= 15 is 0 Å². The molecule has 0 aliphatic carbocycles. The maximum absolute atomic E-state index is 11.8. The molecule has 3 N–H and O–H groups in total. The van der Waals surface area contributed by atoms with E-state index in [1.54, 1.807) is 6.92 Å². The van der Waals surface area contributed by atoms with Crippen LogP contribution in [0.3, 0.4) is 0 Å². The fourth-order valence-corrected chi connectivity index (χ4v) is 1.72. The molecule has 18 heavy (non-hydrogen) atoms. The molecular formula is C11H21F3N2O2. The van der Waals surface area contributed by atoms with Gasteiger partial charge in [-0.3, -0.25) is 4.79 Å². The van der Waals surface area contributed by atoms with Gasteiger partial charge in [-0.05, 0) is 19.3 Å². The Bertz CT molecular complexity index is 270. The predicted molar refractivity (Wildman–Crippen MR) is 61.9 cm³/mol. The summed E-state index contributed by atoms with van der Waals surface area (Å²) in [5.74, 6) is -0.275. The van der Waals surface area contributed by atoms with E-state index in [0.717, 1.165) is 0 Å². The van der Waals surface area contributed by atoms with Crippen LogP contribution in [0.1, 0.15) is 27.2 Å². The normalized spacial score (nSPS) is 15.6. The van der Waals surface area contributed by atoms with E-state index in [2.05, 4.69) is 10.1 Å². The molecule has 0 radical (unpaired) electrons.